The molecule has 0 atom stereocenters. The maximum atomic E-state index is 6.47. The zero-order chi connectivity index (χ0) is 27.5. The van der Waals surface area contributed by atoms with E-state index in [0.717, 1.165) is 0 Å². The third-order valence-corrected chi connectivity index (χ3v) is 13.5. The summed E-state index contributed by atoms with van der Waals surface area (Å²) in [5, 5.41) is 8.86. The van der Waals surface area contributed by atoms with Gasteiger partial charge < -0.3 is 33.7 Å². The maximum Gasteiger partial charge on any atom is 4.00 e. The molecule has 40 heavy (non-hydrogen) atoms. The van der Waals surface area contributed by atoms with Crippen molar-refractivity contribution in [2.45, 2.75) is 93.3 Å². The van der Waals surface area contributed by atoms with Crippen LogP contribution in [0.4, 0.5) is 0 Å². The molecule has 0 unspecified atom stereocenters. The van der Waals surface area contributed by atoms with Crippen molar-refractivity contribution in [2.75, 3.05) is 0 Å². The molecule has 4 aromatic rings. The maximum absolute atomic E-state index is 6.47. The van der Waals surface area contributed by atoms with Crippen molar-refractivity contribution in [2.24, 2.45) is 0 Å². The van der Waals surface area contributed by atoms with Crippen molar-refractivity contribution >= 4 is 56.6 Å². The van der Waals surface area contributed by atoms with Gasteiger partial charge in [-0.15, -0.1) is 68.1 Å². The molecular formula is C32H46Cl2O2Si3Zr. The second-order valence-electron chi connectivity index (χ2n) is 13.5. The normalized spacial score (nSPS) is 12.3. The zero-order valence-corrected chi connectivity index (χ0v) is 33.4. The number of hydrogen-bond donors (Lipinski definition) is 0. The Kier molecular flexibility index (Phi) is 12.8. The molecule has 0 aliphatic heterocycles. The summed E-state index contributed by atoms with van der Waals surface area (Å²) in [4.78, 5) is 0. The molecule has 0 N–H and O–H groups in total. The number of hydrogen-bond acceptors (Lipinski definition) is 2. The number of aryl methyl sites for hydroxylation is 4. The first kappa shape index (κ1) is 37.7. The summed E-state index contributed by atoms with van der Waals surface area (Å²) < 4.78 is 12.9. The first-order valence-electron chi connectivity index (χ1n) is 13.7. The standard InChI is InChI=1S/C32H46O2Si3.2ClH.Zr/c1-21-13-15-25(19-33-35(5,6)7)29-27(21)17-23(3)31(29)37(11,12)32-24(4)18-28-22(2)14-16-26(30(28)32)20-34-36(8,9)10;;;/h13-18H,19-20H2,1-12H3;2*1H;/q-2;;;+4/p-2. The Morgan fingerprint density at radius 1 is 0.575 bits per heavy atom. The Morgan fingerprint density at radius 2 is 0.900 bits per heavy atom. The Labute approximate surface area is 277 Å². The van der Waals surface area contributed by atoms with Gasteiger partial charge in [0.2, 0.25) is 0 Å². The van der Waals surface area contributed by atoms with Gasteiger partial charge in [-0.3, -0.25) is 0 Å². The van der Waals surface area contributed by atoms with Gasteiger partial charge in [0.05, 0.1) is 13.2 Å². The van der Waals surface area contributed by atoms with Crippen molar-refractivity contribution in [3.8, 4) is 0 Å². The van der Waals surface area contributed by atoms with Crippen LogP contribution in [0.1, 0.15) is 33.4 Å². The summed E-state index contributed by atoms with van der Waals surface area (Å²) in [5.74, 6) is 0. The molecule has 4 aromatic carbocycles. The minimum absolute atomic E-state index is 0. The molecule has 0 saturated heterocycles. The Balaban J connectivity index is 0.00000267. The predicted octanol–water partition coefficient (Wildman–Crippen LogP) is 2.20. The van der Waals surface area contributed by atoms with E-state index < -0.39 is 24.7 Å². The fraction of sp³-hybridized carbons (Fsp3) is 0.438. The Bertz CT molecular complexity index is 1360. The van der Waals surface area contributed by atoms with E-state index >= 15 is 0 Å². The summed E-state index contributed by atoms with van der Waals surface area (Å²) in [7, 11) is -5.38. The quantitative estimate of drug-likeness (QED) is 0.207. The van der Waals surface area contributed by atoms with Crippen LogP contribution < -0.4 is 35.2 Å². The molecule has 0 aliphatic carbocycles. The first-order valence-corrected chi connectivity index (χ1v) is 23.5. The third kappa shape index (κ3) is 7.60. The Hall–Kier alpha value is -0.306. The molecule has 216 valence electrons. The van der Waals surface area contributed by atoms with E-state index in [0.29, 0.717) is 13.2 Å². The molecule has 0 aliphatic rings. The minimum atomic E-state index is -2.12. The van der Waals surface area contributed by atoms with Crippen LogP contribution in [0.3, 0.4) is 0 Å². The molecule has 4 rings (SSSR count). The fourth-order valence-electron chi connectivity index (χ4n) is 6.04. The average Bonchev–Trinajstić information content (AvgIpc) is 3.30. The minimum Gasteiger partial charge on any atom is -1.00 e. The summed E-state index contributed by atoms with van der Waals surface area (Å²) in [6, 6.07) is 14.1. The van der Waals surface area contributed by atoms with Crippen LogP contribution in [0.15, 0.2) is 36.4 Å². The van der Waals surface area contributed by atoms with Gasteiger partial charge in [-0.2, -0.15) is 10.4 Å². The summed E-state index contributed by atoms with van der Waals surface area (Å²) >= 11 is 0. The van der Waals surface area contributed by atoms with E-state index in [9.17, 15) is 0 Å². The van der Waals surface area contributed by atoms with Crippen LogP contribution in [0, 0.1) is 27.7 Å². The van der Waals surface area contributed by atoms with Gasteiger partial charge in [-0.05, 0) is 39.3 Å². The molecule has 0 bridgehead atoms. The number of halogens is 2. The van der Waals surface area contributed by atoms with E-state index in [4.69, 9.17) is 8.85 Å². The van der Waals surface area contributed by atoms with Crippen molar-refractivity contribution in [1.82, 2.24) is 0 Å². The number of benzene rings is 2. The predicted molar refractivity (Wildman–Crippen MR) is 171 cm³/mol. The van der Waals surface area contributed by atoms with Gasteiger partial charge in [0.15, 0.2) is 16.6 Å². The van der Waals surface area contributed by atoms with Gasteiger partial charge >= 0.3 is 26.2 Å². The number of rotatable bonds is 8. The summed E-state index contributed by atoms with van der Waals surface area (Å²) in [6.45, 7) is 29.3. The van der Waals surface area contributed by atoms with Crippen LogP contribution >= 0.6 is 0 Å². The van der Waals surface area contributed by atoms with Crippen LogP contribution in [0.25, 0.3) is 21.5 Å². The first-order chi connectivity index (χ1) is 17.0. The van der Waals surface area contributed by atoms with Crippen LogP contribution in [-0.2, 0) is 48.3 Å². The largest absolute Gasteiger partial charge is 4.00 e. The molecule has 0 saturated carbocycles. The zero-order valence-electron chi connectivity index (χ0n) is 26.5. The monoisotopic (exact) mass is 706 g/mol. The second-order valence-corrected chi connectivity index (χ2v) is 26.8. The number of fused-ring (bicyclic) bond motifs is 2. The van der Waals surface area contributed by atoms with Crippen LogP contribution in [0.5, 0.6) is 0 Å². The van der Waals surface area contributed by atoms with E-state index in [1.165, 1.54) is 54.9 Å². The van der Waals surface area contributed by atoms with E-state index in [2.05, 4.69) is 116 Å². The molecule has 0 heterocycles. The van der Waals surface area contributed by atoms with E-state index in [-0.39, 0.29) is 51.0 Å². The Morgan fingerprint density at radius 3 is 1.20 bits per heavy atom. The molecule has 0 amide bonds. The van der Waals surface area contributed by atoms with Crippen molar-refractivity contribution < 1.29 is 59.9 Å². The average molecular weight is 709 g/mol. The fourth-order valence-corrected chi connectivity index (χ4v) is 11.4. The van der Waals surface area contributed by atoms with Gasteiger partial charge in [-0.25, -0.2) is 0 Å². The van der Waals surface area contributed by atoms with Crippen molar-refractivity contribution in [3.05, 3.63) is 69.8 Å². The summed E-state index contributed by atoms with van der Waals surface area (Å²) in [5.41, 5.74) is 8.26. The second kappa shape index (κ2) is 13.6. The molecule has 0 aromatic heterocycles. The van der Waals surface area contributed by atoms with Gasteiger partial charge in [0.1, 0.15) is 0 Å². The van der Waals surface area contributed by atoms with Gasteiger partial charge in [0.25, 0.3) is 0 Å². The summed E-state index contributed by atoms with van der Waals surface area (Å²) in [6.07, 6.45) is 0. The van der Waals surface area contributed by atoms with Crippen LogP contribution in [0.2, 0.25) is 52.4 Å². The molecule has 0 fully saturated rings. The smallest absolute Gasteiger partial charge is 1.00 e. The SMILES string of the molecule is Cc1[cH-]c2c(C)ccc(CO[Si](C)(C)C)c2c1[Si](C)(C)c1c(C)[cH-]c2c(C)ccc(CO[Si](C)(C)C)c12.[Cl-].[Cl-].[Zr+4]. The molecule has 0 spiro atoms. The van der Waals surface area contributed by atoms with E-state index in [1.54, 1.807) is 10.4 Å². The molecule has 2 nitrogen and oxygen atoms in total. The molecular weight excluding hydrogens is 663 g/mol. The third-order valence-electron chi connectivity index (χ3n) is 7.68. The molecule has 0 radical (unpaired) electrons. The van der Waals surface area contributed by atoms with Gasteiger partial charge in [-0.1, -0.05) is 64.0 Å². The van der Waals surface area contributed by atoms with E-state index in [1.807, 2.05) is 0 Å². The molecule has 8 heteroatoms. The van der Waals surface area contributed by atoms with Crippen molar-refractivity contribution in [1.29, 1.82) is 0 Å². The van der Waals surface area contributed by atoms with Gasteiger partial charge in [0, 0.05) is 8.07 Å². The van der Waals surface area contributed by atoms with Crippen LogP contribution in [-0.4, -0.2) is 24.7 Å². The topological polar surface area (TPSA) is 18.5 Å². The van der Waals surface area contributed by atoms with Crippen molar-refractivity contribution in [3.63, 3.8) is 0 Å².